The van der Waals surface area contributed by atoms with Crippen LogP contribution in [0.2, 0.25) is 0 Å². The number of likely N-dealkylation sites (N-methyl/N-ethyl adjacent to an activating group) is 1. The zero-order valence-electron chi connectivity index (χ0n) is 8.92. The van der Waals surface area contributed by atoms with Crippen molar-refractivity contribution in [2.24, 2.45) is 5.92 Å². The molecule has 1 saturated heterocycles. The van der Waals surface area contributed by atoms with E-state index in [-0.39, 0.29) is 0 Å². The lowest BCUT2D eigenvalue weighted by molar-refractivity contribution is 0.237. The molecule has 1 saturated carbocycles. The third kappa shape index (κ3) is 2.05. The minimum atomic E-state index is 0.760. The second-order valence-corrected chi connectivity index (χ2v) is 4.84. The smallest absolute Gasteiger partial charge is 0.0204 e. The molecule has 3 atom stereocenters. The molecule has 2 fully saturated rings. The van der Waals surface area contributed by atoms with E-state index in [2.05, 4.69) is 24.2 Å². The molecule has 3 unspecified atom stereocenters. The molecule has 0 aromatic heterocycles. The summed E-state index contributed by atoms with van der Waals surface area (Å²) in [5, 5.41) is 3.39. The molecular formula is C11H22N2. The summed E-state index contributed by atoms with van der Waals surface area (Å²) in [6.07, 6.45) is 5.68. The van der Waals surface area contributed by atoms with Crippen molar-refractivity contribution in [3.63, 3.8) is 0 Å². The summed E-state index contributed by atoms with van der Waals surface area (Å²) in [6, 6.07) is 1.67. The number of likely N-dealkylation sites (tertiary alicyclic amines) is 1. The zero-order valence-corrected chi connectivity index (χ0v) is 8.92. The van der Waals surface area contributed by atoms with E-state index in [0.29, 0.717) is 0 Å². The van der Waals surface area contributed by atoms with Crippen LogP contribution in [-0.2, 0) is 0 Å². The predicted molar refractivity (Wildman–Crippen MR) is 55.8 cm³/mol. The van der Waals surface area contributed by atoms with Crippen molar-refractivity contribution >= 4 is 0 Å². The first-order valence-corrected chi connectivity index (χ1v) is 5.71. The van der Waals surface area contributed by atoms with Crippen LogP contribution in [0.15, 0.2) is 0 Å². The van der Waals surface area contributed by atoms with Crippen LogP contribution < -0.4 is 5.32 Å². The normalized spacial score (nSPS) is 41.5. The number of hydrogen-bond donors (Lipinski definition) is 1. The Balaban J connectivity index is 1.82. The molecule has 0 amide bonds. The van der Waals surface area contributed by atoms with E-state index in [4.69, 9.17) is 0 Å². The Labute approximate surface area is 81.7 Å². The third-order valence-corrected chi connectivity index (χ3v) is 3.81. The second kappa shape index (κ2) is 3.97. The Morgan fingerprint density at radius 3 is 2.62 bits per heavy atom. The minimum absolute atomic E-state index is 0.760. The SMILES string of the molecule is CNC1CCN(C2CCC(C)C2)C1. The number of rotatable bonds is 2. The molecule has 2 nitrogen and oxygen atoms in total. The van der Waals surface area contributed by atoms with Gasteiger partial charge in [-0.1, -0.05) is 6.92 Å². The molecule has 1 aliphatic carbocycles. The first-order valence-electron chi connectivity index (χ1n) is 5.71. The summed E-state index contributed by atoms with van der Waals surface area (Å²) < 4.78 is 0. The van der Waals surface area contributed by atoms with Crippen molar-refractivity contribution in [1.82, 2.24) is 10.2 Å². The molecule has 2 aliphatic rings. The van der Waals surface area contributed by atoms with E-state index in [9.17, 15) is 0 Å². The lowest BCUT2D eigenvalue weighted by Gasteiger charge is -2.23. The fraction of sp³-hybridized carbons (Fsp3) is 1.00. The van der Waals surface area contributed by atoms with Crippen molar-refractivity contribution < 1.29 is 0 Å². The van der Waals surface area contributed by atoms with E-state index in [0.717, 1.165) is 18.0 Å². The van der Waals surface area contributed by atoms with Gasteiger partial charge in [0.15, 0.2) is 0 Å². The predicted octanol–water partition coefficient (Wildman–Crippen LogP) is 1.47. The van der Waals surface area contributed by atoms with Gasteiger partial charge in [0.1, 0.15) is 0 Å². The number of nitrogens with zero attached hydrogens (tertiary/aromatic N) is 1. The Kier molecular flexibility index (Phi) is 2.89. The van der Waals surface area contributed by atoms with Gasteiger partial charge in [-0.05, 0) is 38.6 Å². The molecule has 1 N–H and O–H groups in total. The summed E-state index contributed by atoms with van der Waals surface area (Å²) in [5.41, 5.74) is 0. The Hall–Kier alpha value is -0.0800. The van der Waals surface area contributed by atoms with Gasteiger partial charge in [0.2, 0.25) is 0 Å². The lowest BCUT2D eigenvalue weighted by atomic mass is 10.1. The van der Waals surface area contributed by atoms with Crippen molar-refractivity contribution in [2.75, 3.05) is 20.1 Å². The van der Waals surface area contributed by atoms with E-state index in [1.54, 1.807) is 0 Å². The maximum absolute atomic E-state index is 3.39. The largest absolute Gasteiger partial charge is 0.316 e. The first-order chi connectivity index (χ1) is 6.29. The molecule has 2 rings (SSSR count). The maximum atomic E-state index is 3.39. The molecule has 0 radical (unpaired) electrons. The highest BCUT2D eigenvalue weighted by molar-refractivity contribution is 4.88. The van der Waals surface area contributed by atoms with E-state index in [1.165, 1.54) is 38.8 Å². The Morgan fingerprint density at radius 2 is 2.08 bits per heavy atom. The van der Waals surface area contributed by atoms with Gasteiger partial charge in [0.25, 0.3) is 0 Å². The summed E-state index contributed by atoms with van der Waals surface area (Å²) in [5.74, 6) is 0.971. The lowest BCUT2D eigenvalue weighted by Crippen LogP contribution is -2.35. The summed E-state index contributed by atoms with van der Waals surface area (Å²) in [4.78, 5) is 2.70. The maximum Gasteiger partial charge on any atom is 0.0204 e. The van der Waals surface area contributed by atoms with Crippen molar-refractivity contribution in [3.05, 3.63) is 0 Å². The van der Waals surface area contributed by atoms with Gasteiger partial charge in [-0.15, -0.1) is 0 Å². The van der Waals surface area contributed by atoms with Crippen LogP contribution in [0.5, 0.6) is 0 Å². The van der Waals surface area contributed by atoms with Crippen LogP contribution in [0.1, 0.15) is 32.6 Å². The average molecular weight is 182 g/mol. The first kappa shape index (κ1) is 9.47. The van der Waals surface area contributed by atoms with Gasteiger partial charge in [-0.25, -0.2) is 0 Å². The van der Waals surface area contributed by atoms with Crippen LogP contribution in [0.25, 0.3) is 0 Å². The molecule has 0 bridgehead atoms. The molecule has 76 valence electrons. The Morgan fingerprint density at radius 1 is 1.23 bits per heavy atom. The van der Waals surface area contributed by atoms with Crippen LogP contribution >= 0.6 is 0 Å². The Bertz CT molecular complexity index is 169. The molecule has 1 heterocycles. The van der Waals surface area contributed by atoms with Gasteiger partial charge in [0, 0.05) is 25.2 Å². The van der Waals surface area contributed by atoms with Gasteiger partial charge >= 0.3 is 0 Å². The summed E-state index contributed by atoms with van der Waals surface area (Å²) in [6.45, 7) is 5.00. The van der Waals surface area contributed by atoms with E-state index in [1.807, 2.05) is 0 Å². The highest BCUT2D eigenvalue weighted by Crippen LogP contribution is 2.30. The molecular weight excluding hydrogens is 160 g/mol. The highest BCUT2D eigenvalue weighted by atomic mass is 15.2. The molecule has 2 heteroatoms. The zero-order chi connectivity index (χ0) is 9.26. The topological polar surface area (TPSA) is 15.3 Å². The van der Waals surface area contributed by atoms with Crippen LogP contribution in [0.4, 0.5) is 0 Å². The van der Waals surface area contributed by atoms with E-state index >= 15 is 0 Å². The average Bonchev–Trinajstić information content (AvgIpc) is 2.71. The van der Waals surface area contributed by atoms with Crippen LogP contribution in [0, 0.1) is 5.92 Å². The van der Waals surface area contributed by atoms with Crippen molar-refractivity contribution in [3.8, 4) is 0 Å². The van der Waals surface area contributed by atoms with Gasteiger partial charge in [-0.2, -0.15) is 0 Å². The second-order valence-electron chi connectivity index (χ2n) is 4.84. The summed E-state index contributed by atoms with van der Waals surface area (Å²) in [7, 11) is 2.09. The van der Waals surface area contributed by atoms with Crippen molar-refractivity contribution in [1.29, 1.82) is 0 Å². The fourth-order valence-electron chi connectivity index (χ4n) is 2.86. The number of nitrogens with one attached hydrogen (secondary N) is 1. The molecule has 0 spiro atoms. The van der Waals surface area contributed by atoms with E-state index < -0.39 is 0 Å². The standard InChI is InChI=1S/C11H22N2/c1-9-3-4-11(7-9)13-6-5-10(8-13)12-2/h9-12H,3-8H2,1-2H3. The van der Waals surface area contributed by atoms with Gasteiger partial charge in [-0.3, -0.25) is 4.90 Å². The molecule has 13 heavy (non-hydrogen) atoms. The van der Waals surface area contributed by atoms with Gasteiger partial charge in [0.05, 0.1) is 0 Å². The molecule has 0 aromatic rings. The quantitative estimate of drug-likeness (QED) is 0.695. The van der Waals surface area contributed by atoms with Crippen LogP contribution in [0.3, 0.4) is 0 Å². The fourth-order valence-corrected chi connectivity index (χ4v) is 2.86. The minimum Gasteiger partial charge on any atom is -0.316 e. The monoisotopic (exact) mass is 182 g/mol. The third-order valence-electron chi connectivity index (χ3n) is 3.81. The van der Waals surface area contributed by atoms with Crippen molar-refractivity contribution in [2.45, 2.75) is 44.7 Å². The van der Waals surface area contributed by atoms with Crippen LogP contribution in [-0.4, -0.2) is 37.1 Å². The number of hydrogen-bond acceptors (Lipinski definition) is 2. The molecule has 1 aliphatic heterocycles. The highest BCUT2D eigenvalue weighted by Gasteiger charge is 2.31. The van der Waals surface area contributed by atoms with Gasteiger partial charge < -0.3 is 5.32 Å². The molecule has 0 aromatic carbocycles. The summed E-state index contributed by atoms with van der Waals surface area (Å²) >= 11 is 0.